The minimum absolute atomic E-state index is 0.0768. The Morgan fingerprint density at radius 1 is 1.00 bits per heavy atom. The number of nitrogens with one attached hydrogen (secondary N) is 3. The highest BCUT2D eigenvalue weighted by atomic mass is 35.5. The molecule has 0 saturated carbocycles. The van der Waals surface area contributed by atoms with E-state index in [9.17, 15) is 14.4 Å². The van der Waals surface area contributed by atoms with Crippen LogP contribution >= 0.6 is 11.6 Å². The summed E-state index contributed by atoms with van der Waals surface area (Å²) in [7, 11) is 0. The maximum atomic E-state index is 12.8. The van der Waals surface area contributed by atoms with Gasteiger partial charge in [0.05, 0.1) is 18.4 Å². The summed E-state index contributed by atoms with van der Waals surface area (Å²) in [6, 6.07) is 10.3. The number of furan rings is 2. The van der Waals surface area contributed by atoms with Crippen LogP contribution in [0.2, 0.25) is 5.02 Å². The van der Waals surface area contributed by atoms with Gasteiger partial charge < -0.3 is 8.83 Å². The van der Waals surface area contributed by atoms with Crippen molar-refractivity contribution in [3.05, 3.63) is 92.6 Å². The zero-order chi connectivity index (χ0) is 27.7. The Labute approximate surface area is 229 Å². The highest BCUT2D eigenvalue weighted by Gasteiger charge is 2.28. The van der Waals surface area contributed by atoms with Crippen molar-refractivity contribution in [1.82, 2.24) is 16.3 Å². The molecule has 4 aromatic rings. The number of hydrogen-bond acceptors (Lipinski definition) is 6. The molecule has 0 spiro atoms. The largest absolute Gasteiger partial charge is 0.464 e. The van der Waals surface area contributed by atoms with Crippen LogP contribution in [0.3, 0.4) is 0 Å². The van der Waals surface area contributed by atoms with Crippen molar-refractivity contribution in [3.63, 3.8) is 0 Å². The van der Waals surface area contributed by atoms with E-state index in [1.54, 1.807) is 37.5 Å². The van der Waals surface area contributed by atoms with E-state index in [-0.39, 0.29) is 18.1 Å². The second-order valence-electron chi connectivity index (χ2n) is 9.61. The topological polar surface area (TPSA) is 126 Å². The minimum atomic E-state index is -0.593. The Morgan fingerprint density at radius 3 is 2.51 bits per heavy atom. The SMILES string of the molecule is Cc1cc(C)c2c(CC(=O)N/N=C3\CCCc4oc(C(=O)NNC(=O)c5ccc(Cl)cc5)c(C)c43)coc2c1. The summed E-state index contributed by atoms with van der Waals surface area (Å²) in [5.41, 5.74) is 13.4. The Balaban J connectivity index is 1.27. The van der Waals surface area contributed by atoms with Gasteiger partial charge in [-0.2, -0.15) is 5.10 Å². The molecule has 3 N–H and O–H groups in total. The molecule has 2 aromatic carbocycles. The van der Waals surface area contributed by atoms with E-state index in [4.69, 9.17) is 20.4 Å². The van der Waals surface area contributed by atoms with E-state index in [1.807, 2.05) is 19.9 Å². The summed E-state index contributed by atoms with van der Waals surface area (Å²) in [6.45, 7) is 5.75. The zero-order valence-electron chi connectivity index (χ0n) is 21.7. The van der Waals surface area contributed by atoms with Crippen LogP contribution in [0.5, 0.6) is 0 Å². The van der Waals surface area contributed by atoms with E-state index >= 15 is 0 Å². The number of nitrogens with zero attached hydrogens (tertiary/aromatic N) is 1. The van der Waals surface area contributed by atoms with Crippen molar-refractivity contribution in [2.45, 2.75) is 46.5 Å². The van der Waals surface area contributed by atoms with Gasteiger partial charge in [-0.05, 0) is 75.1 Å². The van der Waals surface area contributed by atoms with E-state index in [0.29, 0.717) is 46.0 Å². The van der Waals surface area contributed by atoms with Crippen molar-refractivity contribution >= 4 is 46.0 Å². The van der Waals surface area contributed by atoms with E-state index in [2.05, 4.69) is 27.4 Å². The van der Waals surface area contributed by atoms with Crippen molar-refractivity contribution in [2.75, 3.05) is 0 Å². The molecule has 0 atom stereocenters. The third-order valence-electron chi connectivity index (χ3n) is 6.69. The predicted molar refractivity (Wildman–Crippen MR) is 147 cm³/mol. The van der Waals surface area contributed by atoms with Crippen molar-refractivity contribution < 1.29 is 23.2 Å². The third-order valence-corrected chi connectivity index (χ3v) is 6.94. The highest BCUT2D eigenvalue weighted by Crippen LogP contribution is 2.30. The second kappa shape index (κ2) is 10.8. The normalized spacial score (nSPS) is 13.8. The number of carbonyl (C=O) groups excluding carboxylic acids is 3. The molecule has 0 fully saturated rings. The maximum Gasteiger partial charge on any atom is 0.305 e. The summed E-state index contributed by atoms with van der Waals surface area (Å²) in [6.07, 6.45) is 3.74. The molecule has 2 aromatic heterocycles. The number of hydrazine groups is 1. The molecule has 0 radical (unpaired) electrons. The van der Waals surface area contributed by atoms with Crippen LogP contribution in [0.1, 0.15) is 67.3 Å². The zero-order valence-corrected chi connectivity index (χ0v) is 22.5. The number of amides is 3. The van der Waals surface area contributed by atoms with Crippen LogP contribution in [-0.2, 0) is 17.6 Å². The summed E-state index contributed by atoms with van der Waals surface area (Å²) in [5.74, 6) is -0.665. The summed E-state index contributed by atoms with van der Waals surface area (Å²) < 4.78 is 11.5. The summed E-state index contributed by atoms with van der Waals surface area (Å²) in [5, 5.41) is 5.83. The number of halogens is 1. The first-order valence-electron chi connectivity index (χ1n) is 12.5. The molecule has 9 nitrogen and oxygen atoms in total. The first-order chi connectivity index (χ1) is 18.7. The number of hydrogen-bond donors (Lipinski definition) is 3. The highest BCUT2D eigenvalue weighted by molar-refractivity contribution is 6.30. The quantitative estimate of drug-likeness (QED) is 0.301. The lowest BCUT2D eigenvalue weighted by molar-refractivity contribution is -0.120. The number of rotatable bonds is 5. The molecule has 1 aliphatic carbocycles. The Kier molecular flexibility index (Phi) is 7.26. The van der Waals surface area contributed by atoms with Crippen LogP contribution in [-0.4, -0.2) is 23.4 Å². The average molecular weight is 547 g/mol. The van der Waals surface area contributed by atoms with Gasteiger partial charge in [-0.15, -0.1) is 0 Å². The Bertz CT molecular complexity index is 1630. The minimum Gasteiger partial charge on any atom is -0.464 e. The van der Waals surface area contributed by atoms with Gasteiger partial charge in [0.15, 0.2) is 5.76 Å². The molecule has 5 rings (SSSR count). The lowest BCUT2D eigenvalue weighted by Crippen LogP contribution is -2.41. The predicted octanol–water partition coefficient (Wildman–Crippen LogP) is 5.08. The smallest absolute Gasteiger partial charge is 0.305 e. The van der Waals surface area contributed by atoms with E-state index in [1.165, 1.54) is 0 Å². The lowest BCUT2D eigenvalue weighted by Gasteiger charge is -2.13. The van der Waals surface area contributed by atoms with Crippen molar-refractivity contribution in [1.29, 1.82) is 0 Å². The molecule has 39 heavy (non-hydrogen) atoms. The van der Waals surface area contributed by atoms with Gasteiger partial charge in [0, 0.05) is 39.1 Å². The average Bonchev–Trinajstić information content (AvgIpc) is 3.47. The van der Waals surface area contributed by atoms with Gasteiger partial charge in [0.25, 0.3) is 5.91 Å². The lowest BCUT2D eigenvalue weighted by atomic mass is 9.93. The van der Waals surface area contributed by atoms with Gasteiger partial charge in [-0.25, -0.2) is 5.43 Å². The van der Waals surface area contributed by atoms with Crippen molar-refractivity contribution in [2.24, 2.45) is 5.10 Å². The van der Waals surface area contributed by atoms with E-state index < -0.39 is 11.8 Å². The summed E-state index contributed by atoms with van der Waals surface area (Å²) >= 11 is 5.85. The molecule has 3 amide bonds. The van der Waals surface area contributed by atoms with Gasteiger partial charge in [0.2, 0.25) is 5.91 Å². The standard InChI is InChI=1S/C29H27ClN4O5/c1-15-11-16(2)25-19(14-38-23(25)12-15)13-24(35)32-31-21-5-4-6-22-26(21)17(3)27(39-22)29(37)34-33-28(36)18-7-9-20(30)10-8-18/h7-12,14H,4-6,13H2,1-3H3,(H,32,35)(H,33,36)(H,34,37)/b31-21+. The van der Waals surface area contributed by atoms with Crippen LogP contribution in [0, 0.1) is 20.8 Å². The number of fused-ring (bicyclic) bond motifs is 2. The maximum absolute atomic E-state index is 12.8. The van der Waals surface area contributed by atoms with E-state index in [0.717, 1.165) is 34.1 Å². The van der Waals surface area contributed by atoms with Gasteiger partial charge in [-0.3, -0.25) is 25.2 Å². The first-order valence-corrected chi connectivity index (χ1v) is 12.9. The fourth-order valence-electron chi connectivity index (χ4n) is 4.94. The molecule has 0 aliphatic heterocycles. The number of benzene rings is 2. The van der Waals surface area contributed by atoms with Gasteiger partial charge in [-0.1, -0.05) is 17.7 Å². The third kappa shape index (κ3) is 5.44. The molecular formula is C29H27ClN4O5. The Hall–Kier alpha value is -4.37. The van der Waals surface area contributed by atoms with Crippen molar-refractivity contribution in [3.8, 4) is 0 Å². The van der Waals surface area contributed by atoms with Crippen LogP contribution in [0.4, 0.5) is 0 Å². The number of aryl methyl sites for hydroxylation is 3. The molecular weight excluding hydrogens is 520 g/mol. The fraction of sp³-hybridized carbons (Fsp3) is 0.241. The number of carbonyl (C=O) groups is 3. The molecule has 10 heteroatoms. The first kappa shape index (κ1) is 26.2. The van der Waals surface area contributed by atoms with Crippen LogP contribution in [0.25, 0.3) is 11.0 Å². The molecule has 0 bridgehead atoms. The molecule has 200 valence electrons. The summed E-state index contributed by atoms with van der Waals surface area (Å²) in [4.78, 5) is 37.9. The number of hydrazone groups is 1. The van der Waals surface area contributed by atoms with Crippen LogP contribution < -0.4 is 16.3 Å². The van der Waals surface area contributed by atoms with Gasteiger partial charge >= 0.3 is 5.91 Å². The molecule has 0 unspecified atom stereocenters. The van der Waals surface area contributed by atoms with Gasteiger partial charge in [0.1, 0.15) is 11.3 Å². The monoisotopic (exact) mass is 546 g/mol. The fourth-order valence-corrected chi connectivity index (χ4v) is 5.07. The van der Waals surface area contributed by atoms with Crippen LogP contribution in [0.15, 0.2) is 56.6 Å². The Morgan fingerprint density at radius 2 is 1.74 bits per heavy atom. The molecule has 1 aliphatic rings. The molecule has 0 saturated heterocycles. The second-order valence-corrected chi connectivity index (χ2v) is 10.0. The molecule has 2 heterocycles.